The average molecular weight is 551 g/mol. The van der Waals surface area contributed by atoms with Crippen molar-refractivity contribution >= 4 is 89.9 Å². The summed E-state index contributed by atoms with van der Waals surface area (Å²) >= 11 is 14.1. The predicted octanol–water partition coefficient (Wildman–Crippen LogP) is 8.95. The van der Waals surface area contributed by atoms with Gasteiger partial charge in [-0.2, -0.15) is 0 Å². The summed E-state index contributed by atoms with van der Waals surface area (Å²) in [6, 6.07) is 23.4. The first-order valence-electron chi connectivity index (χ1n) is 12.5. The van der Waals surface area contributed by atoms with Crippen LogP contribution >= 0.6 is 23.2 Å². The van der Waals surface area contributed by atoms with Crippen molar-refractivity contribution in [3.8, 4) is 11.5 Å². The van der Waals surface area contributed by atoms with Crippen molar-refractivity contribution < 1.29 is 18.3 Å². The summed E-state index contributed by atoms with van der Waals surface area (Å²) in [5, 5.41) is 3.49. The first-order chi connectivity index (χ1) is 19.0. The highest BCUT2D eigenvalue weighted by atomic mass is 35.5. The zero-order valence-electron chi connectivity index (χ0n) is 20.3. The molecule has 39 heavy (non-hydrogen) atoms. The number of allylic oxidation sites excluding steroid dienone is 1. The number of hydrogen-bond donors (Lipinski definition) is 0. The molecule has 0 N–H and O–H groups in total. The fourth-order valence-corrected chi connectivity index (χ4v) is 6.47. The van der Waals surface area contributed by atoms with Crippen molar-refractivity contribution in [1.29, 1.82) is 0 Å². The summed E-state index contributed by atoms with van der Waals surface area (Å²) in [5.41, 5.74) is 4.21. The summed E-state index contributed by atoms with van der Waals surface area (Å²) in [6.45, 7) is 1.87. The Morgan fingerprint density at radius 3 is 1.97 bits per heavy atom. The predicted molar refractivity (Wildman–Crippen MR) is 154 cm³/mol. The lowest BCUT2D eigenvalue weighted by Crippen LogP contribution is -2.58. The van der Waals surface area contributed by atoms with E-state index in [0.717, 1.165) is 32.7 Å². The minimum Gasteiger partial charge on any atom is -0.477 e. The van der Waals surface area contributed by atoms with Gasteiger partial charge in [-0.3, -0.25) is 0 Å². The van der Waals surface area contributed by atoms with Crippen LogP contribution < -0.4 is 9.47 Å². The fraction of sp³-hybridized carbons (Fsp3) is 0.0968. The van der Waals surface area contributed by atoms with E-state index in [-0.39, 0.29) is 0 Å². The second-order valence-electron chi connectivity index (χ2n) is 10.1. The number of nitrogens with zero attached hydrogens (tertiary/aromatic N) is 2. The Morgan fingerprint density at radius 1 is 0.718 bits per heavy atom. The molecule has 188 valence electrons. The van der Waals surface area contributed by atoms with Crippen LogP contribution in [-0.2, 0) is 0 Å². The number of rotatable bonds is 0. The maximum absolute atomic E-state index is 7.13. The lowest BCUT2D eigenvalue weighted by molar-refractivity contribution is 0.167. The number of halogens is 2. The summed E-state index contributed by atoms with van der Waals surface area (Å²) in [6.07, 6.45) is 0. The Hall–Kier alpha value is -4.26. The molecule has 9 rings (SSSR count). The van der Waals surface area contributed by atoms with Crippen LogP contribution in [0.4, 0.5) is 11.4 Å². The van der Waals surface area contributed by atoms with E-state index in [1.54, 1.807) is 0 Å². The molecule has 0 saturated carbocycles. The number of alkyl halides is 1. The van der Waals surface area contributed by atoms with Crippen LogP contribution in [0.25, 0.3) is 43.9 Å². The average Bonchev–Trinajstić information content (AvgIpc) is 3.49. The first kappa shape index (κ1) is 21.6. The molecule has 8 heteroatoms. The molecule has 2 aliphatic heterocycles. The largest absolute Gasteiger partial charge is 0.477 e. The fourth-order valence-electron chi connectivity index (χ4n) is 5.81. The Balaban J connectivity index is 1.24. The zero-order chi connectivity index (χ0) is 26.0. The lowest BCUT2D eigenvalue weighted by Gasteiger charge is -2.43. The third kappa shape index (κ3) is 2.77. The van der Waals surface area contributed by atoms with E-state index in [4.69, 9.17) is 51.5 Å². The van der Waals surface area contributed by atoms with Crippen molar-refractivity contribution in [2.24, 2.45) is 9.98 Å². The van der Waals surface area contributed by atoms with E-state index in [2.05, 4.69) is 0 Å². The Bertz CT molecular complexity index is 2190. The highest BCUT2D eigenvalue weighted by molar-refractivity contribution is 6.53. The maximum Gasteiger partial charge on any atom is 0.172 e. The first-order valence-corrected chi connectivity index (χ1v) is 13.3. The molecule has 6 nitrogen and oxygen atoms in total. The smallest absolute Gasteiger partial charge is 0.172 e. The molecule has 3 aliphatic rings. The van der Waals surface area contributed by atoms with Gasteiger partial charge in [-0.25, -0.2) is 9.98 Å². The van der Waals surface area contributed by atoms with Crippen LogP contribution in [0, 0.1) is 0 Å². The molecule has 0 fully saturated rings. The van der Waals surface area contributed by atoms with Gasteiger partial charge in [0, 0.05) is 33.7 Å². The molecule has 2 unspecified atom stereocenters. The van der Waals surface area contributed by atoms with Crippen molar-refractivity contribution in [2.75, 3.05) is 0 Å². The van der Waals surface area contributed by atoms with E-state index >= 15 is 0 Å². The van der Waals surface area contributed by atoms with Crippen LogP contribution in [-0.4, -0.2) is 22.4 Å². The van der Waals surface area contributed by atoms with E-state index in [0.29, 0.717) is 56.3 Å². The van der Waals surface area contributed by atoms with Gasteiger partial charge in [0.25, 0.3) is 0 Å². The second-order valence-corrected chi connectivity index (χ2v) is 10.9. The maximum atomic E-state index is 7.13. The highest BCUT2D eigenvalue weighted by Gasteiger charge is 2.54. The molecule has 0 saturated heterocycles. The number of para-hydroxylation sites is 2. The summed E-state index contributed by atoms with van der Waals surface area (Å²) < 4.78 is 25.0. The Morgan fingerprint density at radius 2 is 1.31 bits per heavy atom. The molecular weight excluding hydrogens is 535 g/mol. The second kappa shape index (κ2) is 7.23. The number of furan rings is 2. The SMILES string of the molecule is CC12Oc3cc4oc5ccccc5c4cc3N=C1C(Cl)=C1Oc3cc4oc5ccccc5c4cc3N=C1C2Cl. The lowest BCUT2D eigenvalue weighted by atomic mass is 9.84. The number of benzene rings is 4. The number of aliphatic imine (C=N–C) groups is 2. The molecule has 0 amide bonds. The molecule has 0 bridgehead atoms. The van der Waals surface area contributed by atoms with Crippen molar-refractivity contribution in [3.05, 3.63) is 83.6 Å². The third-order valence-electron chi connectivity index (χ3n) is 7.76. The van der Waals surface area contributed by atoms with Gasteiger partial charge < -0.3 is 18.3 Å². The molecule has 0 spiro atoms. The summed E-state index contributed by atoms with van der Waals surface area (Å²) in [4.78, 5) is 9.88. The van der Waals surface area contributed by atoms with Crippen LogP contribution in [0.3, 0.4) is 0 Å². The van der Waals surface area contributed by atoms with Crippen molar-refractivity contribution in [1.82, 2.24) is 0 Å². The Labute approximate surface area is 230 Å². The molecule has 2 atom stereocenters. The Kier molecular flexibility index (Phi) is 4.01. The van der Waals surface area contributed by atoms with E-state index < -0.39 is 11.0 Å². The summed E-state index contributed by atoms with van der Waals surface area (Å²) in [7, 11) is 0. The van der Waals surface area contributed by atoms with Crippen LogP contribution in [0.5, 0.6) is 11.5 Å². The van der Waals surface area contributed by atoms with Gasteiger partial charge in [0.1, 0.15) is 61.3 Å². The minimum absolute atomic E-state index is 0.311. The minimum atomic E-state index is -1.08. The third-order valence-corrected chi connectivity index (χ3v) is 8.73. The molecular formula is C31H16Cl2N2O4. The molecule has 2 aromatic heterocycles. The van der Waals surface area contributed by atoms with Gasteiger partial charge in [0.05, 0.1) is 0 Å². The van der Waals surface area contributed by atoms with Gasteiger partial charge in [-0.15, -0.1) is 11.6 Å². The molecule has 4 heterocycles. The van der Waals surface area contributed by atoms with Gasteiger partial charge in [-0.05, 0) is 31.2 Å². The molecule has 0 radical (unpaired) electrons. The normalized spacial score (nSPS) is 21.7. The molecule has 1 aliphatic carbocycles. The standard InChI is InChI=1S/C31H16Cl2N2O4/c1-31-29(33)27-28(38-24-12-22-16(10-18(24)34-27)14-6-2-4-8-20(14)36-22)26(32)30(31)35-19-11-17-15-7-3-5-9-21(15)37-23(17)13-25(19)39-31/h2-13,29H,1H3. The number of ether oxygens (including phenoxy) is 2. The number of hydrogen-bond acceptors (Lipinski definition) is 6. The highest BCUT2D eigenvalue weighted by Crippen LogP contribution is 2.50. The van der Waals surface area contributed by atoms with Gasteiger partial charge in [0.2, 0.25) is 0 Å². The van der Waals surface area contributed by atoms with Crippen molar-refractivity contribution in [3.63, 3.8) is 0 Å². The van der Waals surface area contributed by atoms with Crippen LogP contribution in [0.2, 0.25) is 0 Å². The van der Waals surface area contributed by atoms with Crippen LogP contribution in [0.15, 0.2) is 102 Å². The van der Waals surface area contributed by atoms with Gasteiger partial charge >= 0.3 is 0 Å². The molecule has 4 aromatic carbocycles. The summed E-state index contributed by atoms with van der Waals surface area (Å²) in [5.74, 6) is 1.48. The van der Waals surface area contributed by atoms with Crippen molar-refractivity contribution in [2.45, 2.75) is 17.9 Å². The van der Waals surface area contributed by atoms with E-state index in [9.17, 15) is 0 Å². The van der Waals surface area contributed by atoms with E-state index in [1.165, 1.54) is 0 Å². The monoisotopic (exact) mass is 550 g/mol. The topological polar surface area (TPSA) is 69.5 Å². The molecule has 6 aromatic rings. The quantitative estimate of drug-likeness (QED) is 0.177. The van der Waals surface area contributed by atoms with Gasteiger partial charge in [0.15, 0.2) is 17.1 Å². The number of fused-ring (bicyclic) bond motifs is 10. The van der Waals surface area contributed by atoms with Gasteiger partial charge in [-0.1, -0.05) is 48.0 Å². The van der Waals surface area contributed by atoms with Crippen LogP contribution in [0.1, 0.15) is 6.92 Å². The zero-order valence-corrected chi connectivity index (χ0v) is 21.8. The van der Waals surface area contributed by atoms with E-state index in [1.807, 2.05) is 79.7 Å².